The number of ether oxygens (including phenoxy) is 1. The molecule has 0 saturated carbocycles. The second kappa shape index (κ2) is 6.31. The number of carbonyl (C=O) groups is 1. The zero-order chi connectivity index (χ0) is 15.5. The predicted molar refractivity (Wildman–Crippen MR) is 75.7 cm³/mol. The lowest BCUT2D eigenvalue weighted by Crippen LogP contribution is -2.35. The Labute approximate surface area is 123 Å². The number of amides is 1. The van der Waals surface area contributed by atoms with Crippen LogP contribution in [0.25, 0.3) is 0 Å². The summed E-state index contributed by atoms with van der Waals surface area (Å²) < 4.78 is 31.8. The van der Waals surface area contributed by atoms with E-state index in [2.05, 4.69) is 4.72 Å². The van der Waals surface area contributed by atoms with Gasteiger partial charge in [0, 0.05) is 26.1 Å². The van der Waals surface area contributed by atoms with Crippen molar-refractivity contribution in [1.82, 2.24) is 9.62 Å². The number of phenolic OH excluding ortho intramolecular Hbond substituents is 1. The molecule has 2 rings (SSSR count). The zero-order valence-corrected chi connectivity index (χ0v) is 12.5. The number of hydrogen-bond acceptors (Lipinski definition) is 5. The monoisotopic (exact) mass is 314 g/mol. The molecule has 1 aromatic carbocycles. The Kier molecular flexibility index (Phi) is 4.69. The Balaban J connectivity index is 2.07. The molecule has 2 N–H and O–H groups in total. The Hall–Kier alpha value is -1.80. The second-order valence-corrected chi connectivity index (χ2v) is 6.39. The van der Waals surface area contributed by atoms with Crippen molar-refractivity contribution in [3.8, 4) is 11.5 Å². The summed E-state index contributed by atoms with van der Waals surface area (Å²) in [7, 11) is -2.58. The number of sulfonamides is 1. The van der Waals surface area contributed by atoms with Gasteiger partial charge >= 0.3 is 0 Å². The van der Waals surface area contributed by atoms with Crippen LogP contribution in [0.1, 0.15) is 12.8 Å². The summed E-state index contributed by atoms with van der Waals surface area (Å²) in [6.45, 7) is 1.06. The van der Waals surface area contributed by atoms with E-state index in [1.165, 1.54) is 25.3 Å². The molecule has 116 valence electrons. The predicted octanol–water partition coefficient (Wildman–Crippen LogP) is 0.301. The molecule has 7 nitrogen and oxygen atoms in total. The van der Waals surface area contributed by atoms with Crippen molar-refractivity contribution in [3.05, 3.63) is 18.2 Å². The molecule has 0 unspecified atom stereocenters. The van der Waals surface area contributed by atoms with Crippen molar-refractivity contribution in [2.24, 2.45) is 0 Å². The average Bonchev–Trinajstić information content (AvgIpc) is 2.83. The third kappa shape index (κ3) is 3.45. The first kappa shape index (κ1) is 15.6. The second-order valence-electron chi connectivity index (χ2n) is 4.69. The Morgan fingerprint density at radius 3 is 2.81 bits per heavy atom. The van der Waals surface area contributed by atoms with Crippen LogP contribution in [0.2, 0.25) is 0 Å². The Bertz CT molecular complexity index is 629. The van der Waals surface area contributed by atoms with Crippen molar-refractivity contribution >= 4 is 15.9 Å². The zero-order valence-electron chi connectivity index (χ0n) is 11.7. The smallest absolute Gasteiger partial charge is 0.248 e. The number of likely N-dealkylation sites (tertiary alicyclic amines) is 1. The number of nitrogens with one attached hydrogen (secondary N) is 1. The molecule has 0 atom stereocenters. The van der Waals surface area contributed by atoms with E-state index in [-0.39, 0.29) is 28.8 Å². The standard InChI is InChI=1S/C13H18N2O5S/c1-20-11-5-2-4-10(16)13(11)21(18,19)14-7-9-15-8-3-6-12(15)17/h2,4-5,14,16H,3,6-9H2,1H3. The molecule has 0 spiro atoms. The van der Waals surface area contributed by atoms with Crippen molar-refractivity contribution in [2.75, 3.05) is 26.7 Å². The third-order valence-corrected chi connectivity index (χ3v) is 4.82. The van der Waals surface area contributed by atoms with Gasteiger partial charge in [0.05, 0.1) is 7.11 Å². The van der Waals surface area contributed by atoms with Crippen molar-refractivity contribution < 1.29 is 23.1 Å². The minimum absolute atomic E-state index is 0.0364. The van der Waals surface area contributed by atoms with Crippen molar-refractivity contribution in [3.63, 3.8) is 0 Å². The molecule has 0 radical (unpaired) electrons. The van der Waals surface area contributed by atoms with E-state index < -0.39 is 10.0 Å². The molecule has 1 amide bonds. The molecule has 1 aliphatic heterocycles. The lowest BCUT2D eigenvalue weighted by Gasteiger charge is -2.16. The maximum Gasteiger partial charge on any atom is 0.248 e. The highest BCUT2D eigenvalue weighted by Gasteiger charge is 2.25. The molecule has 1 heterocycles. The summed E-state index contributed by atoms with van der Waals surface area (Å²) in [6, 6.07) is 4.23. The molecule has 1 aromatic rings. The van der Waals surface area contributed by atoms with Crippen LogP contribution in [0.3, 0.4) is 0 Å². The van der Waals surface area contributed by atoms with Crippen LogP contribution in [0.4, 0.5) is 0 Å². The van der Waals surface area contributed by atoms with Crippen LogP contribution in [0.15, 0.2) is 23.1 Å². The van der Waals surface area contributed by atoms with Gasteiger partial charge in [-0.25, -0.2) is 13.1 Å². The highest BCUT2D eigenvalue weighted by molar-refractivity contribution is 7.89. The molecule has 0 aromatic heterocycles. The first-order valence-corrected chi connectivity index (χ1v) is 8.07. The SMILES string of the molecule is COc1cccc(O)c1S(=O)(=O)NCCN1CCCC1=O. The van der Waals surface area contributed by atoms with Gasteiger partial charge in [-0.05, 0) is 18.6 Å². The number of rotatable bonds is 6. The van der Waals surface area contributed by atoms with E-state index in [1.807, 2.05) is 0 Å². The maximum atomic E-state index is 12.2. The normalized spacial score (nSPS) is 15.5. The molecule has 0 aliphatic carbocycles. The lowest BCUT2D eigenvalue weighted by molar-refractivity contribution is -0.127. The van der Waals surface area contributed by atoms with Gasteiger partial charge < -0.3 is 14.7 Å². The van der Waals surface area contributed by atoms with E-state index >= 15 is 0 Å². The highest BCUT2D eigenvalue weighted by Crippen LogP contribution is 2.31. The number of benzene rings is 1. The van der Waals surface area contributed by atoms with Gasteiger partial charge in [-0.15, -0.1) is 0 Å². The van der Waals surface area contributed by atoms with Crippen LogP contribution in [-0.4, -0.2) is 51.1 Å². The van der Waals surface area contributed by atoms with E-state index in [0.717, 1.165) is 6.42 Å². The number of nitrogens with zero attached hydrogens (tertiary/aromatic N) is 1. The first-order valence-electron chi connectivity index (χ1n) is 6.59. The van der Waals surface area contributed by atoms with Gasteiger partial charge in [0.15, 0.2) is 4.90 Å². The van der Waals surface area contributed by atoms with Gasteiger partial charge in [0.25, 0.3) is 0 Å². The lowest BCUT2D eigenvalue weighted by atomic mass is 10.3. The van der Waals surface area contributed by atoms with Crippen LogP contribution < -0.4 is 9.46 Å². The summed E-state index contributed by atoms with van der Waals surface area (Å²) >= 11 is 0. The van der Waals surface area contributed by atoms with E-state index in [1.54, 1.807) is 4.90 Å². The van der Waals surface area contributed by atoms with Crippen molar-refractivity contribution in [2.45, 2.75) is 17.7 Å². The third-order valence-electron chi connectivity index (χ3n) is 3.29. The molecule has 0 bridgehead atoms. The van der Waals surface area contributed by atoms with Gasteiger partial charge in [0.1, 0.15) is 11.5 Å². The molecule has 8 heteroatoms. The Morgan fingerprint density at radius 2 is 2.19 bits per heavy atom. The largest absolute Gasteiger partial charge is 0.506 e. The van der Waals surface area contributed by atoms with Gasteiger partial charge in [-0.2, -0.15) is 0 Å². The van der Waals surface area contributed by atoms with Crippen LogP contribution in [0.5, 0.6) is 11.5 Å². The van der Waals surface area contributed by atoms with Crippen LogP contribution in [-0.2, 0) is 14.8 Å². The number of carbonyl (C=O) groups excluding carboxylic acids is 1. The number of aromatic hydroxyl groups is 1. The average molecular weight is 314 g/mol. The van der Waals surface area contributed by atoms with E-state index in [0.29, 0.717) is 19.5 Å². The first-order chi connectivity index (χ1) is 9.95. The Morgan fingerprint density at radius 1 is 1.43 bits per heavy atom. The fourth-order valence-electron chi connectivity index (χ4n) is 2.26. The summed E-state index contributed by atoms with van der Waals surface area (Å²) in [4.78, 5) is 12.8. The number of hydrogen-bond donors (Lipinski definition) is 2. The summed E-state index contributed by atoms with van der Waals surface area (Å²) in [6.07, 6.45) is 1.32. The minimum Gasteiger partial charge on any atom is -0.506 e. The van der Waals surface area contributed by atoms with E-state index in [9.17, 15) is 18.3 Å². The van der Waals surface area contributed by atoms with Crippen LogP contribution in [0, 0.1) is 0 Å². The van der Waals surface area contributed by atoms with Gasteiger partial charge in [-0.3, -0.25) is 4.79 Å². The van der Waals surface area contributed by atoms with Gasteiger partial charge in [0.2, 0.25) is 15.9 Å². The van der Waals surface area contributed by atoms with E-state index in [4.69, 9.17) is 4.74 Å². The fourth-order valence-corrected chi connectivity index (χ4v) is 3.53. The number of methoxy groups -OCH3 is 1. The molecule has 1 saturated heterocycles. The van der Waals surface area contributed by atoms with Crippen molar-refractivity contribution in [1.29, 1.82) is 0 Å². The molecule has 1 fully saturated rings. The summed E-state index contributed by atoms with van der Waals surface area (Å²) in [5.41, 5.74) is 0. The minimum atomic E-state index is -3.91. The topological polar surface area (TPSA) is 95.9 Å². The highest BCUT2D eigenvalue weighted by atomic mass is 32.2. The van der Waals surface area contributed by atoms with Gasteiger partial charge in [-0.1, -0.05) is 6.07 Å². The summed E-state index contributed by atoms with van der Waals surface area (Å²) in [5.74, 6) is -0.270. The van der Waals surface area contributed by atoms with Crippen LogP contribution >= 0.6 is 0 Å². The summed E-state index contributed by atoms with van der Waals surface area (Å²) in [5, 5.41) is 9.75. The molecule has 21 heavy (non-hydrogen) atoms. The number of phenols is 1. The fraction of sp³-hybridized carbons (Fsp3) is 0.462. The quantitative estimate of drug-likeness (QED) is 0.787. The maximum absolute atomic E-state index is 12.2. The molecule has 1 aliphatic rings. The molecular weight excluding hydrogens is 296 g/mol. The molecular formula is C13H18N2O5S.